The van der Waals surface area contributed by atoms with Gasteiger partial charge in [-0.05, 0) is 18.2 Å². The number of hydrogen-bond acceptors (Lipinski definition) is 4. The molecule has 0 bridgehead atoms. The van der Waals surface area contributed by atoms with Gasteiger partial charge in [0.2, 0.25) is 0 Å². The summed E-state index contributed by atoms with van der Waals surface area (Å²) in [6.45, 7) is 0. The summed E-state index contributed by atoms with van der Waals surface area (Å²) < 4.78 is 0. The number of rotatable bonds is 3. The highest BCUT2D eigenvalue weighted by molar-refractivity contribution is 6.35. The topological polar surface area (TPSA) is 92.2 Å². The number of pyridine rings is 2. The molecule has 0 saturated carbocycles. The van der Waals surface area contributed by atoms with E-state index >= 15 is 0 Å². The van der Waals surface area contributed by atoms with E-state index in [1.165, 1.54) is 30.6 Å². The summed E-state index contributed by atoms with van der Waals surface area (Å²) in [5.74, 6) is -1.85. The minimum absolute atomic E-state index is 0.0639. The van der Waals surface area contributed by atoms with Crippen molar-refractivity contribution in [3.63, 3.8) is 0 Å². The van der Waals surface area contributed by atoms with Crippen LogP contribution in [0.4, 0.5) is 5.69 Å². The number of aromatic carboxylic acids is 1. The standard InChI is InChI=1S/C12H7Cl2N3O3/c13-7-5-16-9(14)4-6(7)11(18)17-8-2-1-3-15-10(8)12(19)20/h1-5H,(H,17,18)(H,19,20). The van der Waals surface area contributed by atoms with Crippen LogP contribution in [0.3, 0.4) is 0 Å². The summed E-state index contributed by atoms with van der Waals surface area (Å²) in [5, 5.41) is 11.6. The zero-order chi connectivity index (χ0) is 14.7. The fourth-order valence-corrected chi connectivity index (χ4v) is 1.80. The van der Waals surface area contributed by atoms with Crippen molar-refractivity contribution in [3.05, 3.63) is 52.0 Å². The maximum Gasteiger partial charge on any atom is 0.356 e. The molecule has 8 heteroatoms. The lowest BCUT2D eigenvalue weighted by Gasteiger charge is -2.08. The molecule has 0 radical (unpaired) electrons. The van der Waals surface area contributed by atoms with Crippen LogP contribution in [0.25, 0.3) is 0 Å². The molecule has 2 aromatic rings. The van der Waals surface area contributed by atoms with Crippen LogP contribution in [0.5, 0.6) is 0 Å². The second-order valence-electron chi connectivity index (χ2n) is 3.65. The Morgan fingerprint density at radius 1 is 1.25 bits per heavy atom. The van der Waals surface area contributed by atoms with Gasteiger partial charge in [-0.1, -0.05) is 23.2 Å². The number of halogens is 2. The molecule has 6 nitrogen and oxygen atoms in total. The second-order valence-corrected chi connectivity index (χ2v) is 4.44. The highest BCUT2D eigenvalue weighted by Gasteiger charge is 2.16. The van der Waals surface area contributed by atoms with Gasteiger partial charge in [0.25, 0.3) is 5.91 Å². The Balaban J connectivity index is 2.33. The van der Waals surface area contributed by atoms with E-state index in [2.05, 4.69) is 15.3 Å². The van der Waals surface area contributed by atoms with E-state index in [1.54, 1.807) is 0 Å². The maximum absolute atomic E-state index is 12.1. The van der Waals surface area contributed by atoms with Gasteiger partial charge in [0.1, 0.15) is 5.15 Å². The van der Waals surface area contributed by atoms with Crippen LogP contribution in [0.15, 0.2) is 30.6 Å². The molecule has 2 rings (SSSR count). The van der Waals surface area contributed by atoms with E-state index in [0.717, 1.165) is 0 Å². The molecule has 0 atom stereocenters. The Morgan fingerprint density at radius 3 is 2.70 bits per heavy atom. The summed E-state index contributed by atoms with van der Waals surface area (Å²) in [4.78, 5) is 30.4. The van der Waals surface area contributed by atoms with Crippen molar-refractivity contribution in [3.8, 4) is 0 Å². The van der Waals surface area contributed by atoms with Gasteiger partial charge in [-0.2, -0.15) is 0 Å². The highest BCUT2D eigenvalue weighted by atomic mass is 35.5. The van der Waals surface area contributed by atoms with Gasteiger partial charge in [-0.25, -0.2) is 14.8 Å². The third kappa shape index (κ3) is 3.04. The number of aromatic nitrogens is 2. The lowest BCUT2D eigenvalue weighted by atomic mass is 10.2. The summed E-state index contributed by atoms with van der Waals surface area (Å²) in [7, 11) is 0. The van der Waals surface area contributed by atoms with Crippen LogP contribution >= 0.6 is 23.2 Å². The molecular formula is C12H7Cl2N3O3. The van der Waals surface area contributed by atoms with Crippen LogP contribution in [0.2, 0.25) is 10.2 Å². The van der Waals surface area contributed by atoms with Crippen LogP contribution in [0, 0.1) is 0 Å². The number of hydrogen-bond donors (Lipinski definition) is 2. The minimum atomic E-state index is -1.25. The van der Waals surface area contributed by atoms with Crippen molar-refractivity contribution in [2.24, 2.45) is 0 Å². The molecule has 1 amide bonds. The number of carbonyl (C=O) groups excluding carboxylic acids is 1. The van der Waals surface area contributed by atoms with Crippen LogP contribution in [-0.4, -0.2) is 27.0 Å². The number of carboxylic acids is 1. The first-order chi connectivity index (χ1) is 9.49. The van der Waals surface area contributed by atoms with E-state index in [4.69, 9.17) is 28.3 Å². The van der Waals surface area contributed by atoms with Crippen LogP contribution in [-0.2, 0) is 0 Å². The van der Waals surface area contributed by atoms with E-state index < -0.39 is 11.9 Å². The first kappa shape index (κ1) is 14.2. The lowest BCUT2D eigenvalue weighted by molar-refractivity contribution is 0.0692. The van der Waals surface area contributed by atoms with Gasteiger partial charge in [0, 0.05) is 12.4 Å². The normalized spacial score (nSPS) is 10.1. The second kappa shape index (κ2) is 5.85. The zero-order valence-corrected chi connectivity index (χ0v) is 11.3. The highest BCUT2D eigenvalue weighted by Crippen LogP contribution is 2.20. The molecule has 0 unspecified atom stereocenters. The molecule has 2 aromatic heterocycles. The third-order valence-electron chi connectivity index (χ3n) is 2.33. The fourth-order valence-electron chi connectivity index (χ4n) is 1.45. The predicted octanol–water partition coefficient (Wildman–Crippen LogP) is 2.73. The number of nitrogens with one attached hydrogen (secondary N) is 1. The zero-order valence-electron chi connectivity index (χ0n) is 9.80. The molecule has 0 aliphatic heterocycles. The Kier molecular flexibility index (Phi) is 4.16. The van der Waals surface area contributed by atoms with Crippen molar-refractivity contribution < 1.29 is 14.7 Å². The van der Waals surface area contributed by atoms with Crippen LogP contribution < -0.4 is 5.32 Å². The molecule has 0 aliphatic rings. The Hall–Kier alpha value is -2.18. The molecule has 0 aromatic carbocycles. The number of carboxylic acid groups (broad SMARTS) is 1. The first-order valence-electron chi connectivity index (χ1n) is 5.29. The summed E-state index contributed by atoms with van der Waals surface area (Å²) >= 11 is 11.5. The van der Waals surface area contributed by atoms with Crippen molar-refractivity contribution in [1.29, 1.82) is 0 Å². The maximum atomic E-state index is 12.1. The van der Waals surface area contributed by atoms with Gasteiger partial charge in [-0.3, -0.25) is 4.79 Å². The molecule has 0 spiro atoms. The summed E-state index contributed by atoms with van der Waals surface area (Å²) in [6, 6.07) is 4.21. The molecule has 20 heavy (non-hydrogen) atoms. The van der Waals surface area contributed by atoms with Gasteiger partial charge in [0.05, 0.1) is 16.3 Å². The van der Waals surface area contributed by atoms with Gasteiger partial charge < -0.3 is 10.4 Å². The molecule has 0 aliphatic carbocycles. The monoisotopic (exact) mass is 311 g/mol. The van der Waals surface area contributed by atoms with Crippen molar-refractivity contribution >= 4 is 40.8 Å². The SMILES string of the molecule is O=C(Nc1cccnc1C(=O)O)c1cc(Cl)ncc1Cl. The molecule has 0 saturated heterocycles. The fraction of sp³-hybridized carbons (Fsp3) is 0. The van der Waals surface area contributed by atoms with Gasteiger partial charge >= 0.3 is 5.97 Å². The molecule has 0 fully saturated rings. The van der Waals surface area contributed by atoms with E-state index in [0.29, 0.717) is 0 Å². The average molecular weight is 312 g/mol. The van der Waals surface area contributed by atoms with E-state index in [-0.39, 0.29) is 27.1 Å². The van der Waals surface area contributed by atoms with Gasteiger partial charge in [0.15, 0.2) is 5.69 Å². The Bertz CT molecular complexity index is 691. The summed E-state index contributed by atoms with van der Waals surface area (Å²) in [6.07, 6.45) is 2.55. The predicted molar refractivity (Wildman–Crippen MR) is 73.4 cm³/mol. The number of carbonyl (C=O) groups is 2. The van der Waals surface area contributed by atoms with Gasteiger partial charge in [-0.15, -0.1) is 0 Å². The van der Waals surface area contributed by atoms with Crippen molar-refractivity contribution in [1.82, 2.24) is 9.97 Å². The minimum Gasteiger partial charge on any atom is -0.476 e. The van der Waals surface area contributed by atoms with E-state index in [1.807, 2.05) is 0 Å². The van der Waals surface area contributed by atoms with E-state index in [9.17, 15) is 9.59 Å². The lowest BCUT2D eigenvalue weighted by Crippen LogP contribution is -2.16. The number of anilines is 1. The van der Waals surface area contributed by atoms with Crippen LogP contribution in [0.1, 0.15) is 20.8 Å². The molecule has 2 heterocycles. The van der Waals surface area contributed by atoms with Crippen molar-refractivity contribution in [2.45, 2.75) is 0 Å². The summed E-state index contributed by atoms with van der Waals surface area (Å²) in [5.41, 5.74) is -0.113. The first-order valence-corrected chi connectivity index (χ1v) is 6.05. The number of nitrogens with zero attached hydrogens (tertiary/aromatic N) is 2. The molecule has 102 valence electrons. The quantitative estimate of drug-likeness (QED) is 0.850. The molecule has 2 N–H and O–H groups in total. The third-order valence-corrected chi connectivity index (χ3v) is 2.83. The smallest absolute Gasteiger partial charge is 0.356 e. The Morgan fingerprint density at radius 2 is 2.00 bits per heavy atom. The Labute approximate surface area is 123 Å². The molecular weight excluding hydrogens is 305 g/mol. The largest absolute Gasteiger partial charge is 0.476 e. The average Bonchev–Trinajstić information content (AvgIpc) is 2.41. The number of amides is 1. The van der Waals surface area contributed by atoms with Crippen molar-refractivity contribution in [2.75, 3.05) is 5.32 Å².